The predicted molar refractivity (Wildman–Crippen MR) is 97.1 cm³/mol. The highest BCUT2D eigenvalue weighted by molar-refractivity contribution is 6.00. The fraction of sp³-hybridized carbons (Fsp3) is 0.429. The van der Waals surface area contributed by atoms with Gasteiger partial charge in [0.15, 0.2) is 5.78 Å². The maximum Gasteiger partial charge on any atom is 0.227 e. The molecule has 0 saturated carbocycles. The first-order chi connectivity index (χ1) is 11.7. The molecular formula is C21H25NO3. The van der Waals surface area contributed by atoms with E-state index in [1.165, 1.54) is 0 Å². The van der Waals surface area contributed by atoms with Crippen LogP contribution >= 0.6 is 0 Å². The highest BCUT2D eigenvalue weighted by atomic mass is 16.5. The van der Waals surface area contributed by atoms with Crippen molar-refractivity contribution in [2.75, 3.05) is 7.11 Å². The van der Waals surface area contributed by atoms with Crippen molar-refractivity contribution in [1.29, 1.82) is 0 Å². The Morgan fingerprint density at radius 1 is 1.20 bits per heavy atom. The van der Waals surface area contributed by atoms with Crippen LogP contribution in [0.4, 0.5) is 0 Å². The summed E-state index contributed by atoms with van der Waals surface area (Å²) < 4.78 is 5.23. The van der Waals surface area contributed by atoms with Crippen molar-refractivity contribution in [3.63, 3.8) is 0 Å². The molecule has 0 bridgehead atoms. The summed E-state index contributed by atoms with van der Waals surface area (Å²) in [5.41, 5.74) is 3.44. The lowest BCUT2D eigenvalue weighted by molar-refractivity contribution is -0.126. The highest BCUT2D eigenvalue weighted by Gasteiger charge is 2.41. The van der Waals surface area contributed by atoms with E-state index in [-0.39, 0.29) is 23.0 Å². The maximum atomic E-state index is 13.0. The van der Waals surface area contributed by atoms with Gasteiger partial charge in [-0.2, -0.15) is 0 Å². The van der Waals surface area contributed by atoms with Gasteiger partial charge in [-0.25, -0.2) is 0 Å². The molecule has 1 aliphatic carbocycles. The number of rotatable bonds is 2. The molecule has 0 aromatic heterocycles. The van der Waals surface area contributed by atoms with Crippen LogP contribution in [0.5, 0.6) is 5.75 Å². The van der Waals surface area contributed by atoms with Crippen molar-refractivity contribution in [3.05, 3.63) is 52.9 Å². The Morgan fingerprint density at radius 2 is 1.84 bits per heavy atom. The lowest BCUT2D eigenvalue weighted by atomic mass is 9.70. The number of carbonyl (C=O) groups excluding carboxylic acids is 2. The average molecular weight is 339 g/mol. The standard InChI is InChI=1S/C21H25NO3/c1-13-10-17(15-6-8-16(25-5)9-7-15)20-18(22(13)14(2)23)11-21(3,4)12-19(20)24/h6-10,17H,11-12H2,1-5H3. The number of hydrogen-bond donors (Lipinski definition) is 0. The monoisotopic (exact) mass is 339 g/mol. The molecule has 1 amide bonds. The highest BCUT2D eigenvalue weighted by Crippen LogP contribution is 2.47. The third-order valence-corrected chi connectivity index (χ3v) is 5.03. The molecule has 1 atom stereocenters. The van der Waals surface area contributed by atoms with Gasteiger partial charge < -0.3 is 4.74 Å². The maximum absolute atomic E-state index is 13.0. The van der Waals surface area contributed by atoms with Gasteiger partial charge >= 0.3 is 0 Å². The zero-order chi connectivity index (χ0) is 18.4. The summed E-state index contributed by atoms with van der Waals surface area (Å²) in [5, 5.41) is 0. The summed E-state index contributed by atoms with van der Waals surface area (Å²) >= 11 is 0. The molecule has 0 saturated heterocycles. The molecule has 0 spiro atoms. The molecule has 132 valence electrons. The zero-order valence-electron chi connectivity index (χ0n) is 15.6. The van der Waals surface area contributed by atoms with E-state index >= 15 is 0 Å². The average Bonchev–Trinajstić information content (AvgIpc) is 2.52. The fourth-order valence-corrected chi connectivity index (χ4v) is 3.98. The number of nitrogens with zero attached hydrogens (tertiary/aromatic N) is 1. The fourth-order valence-electron chi connectivity index (χ4n) is 3.98. The van der Waals surface area contributed by atoms with Gasteiger partial charge in [0.2, 0.25) is 5.91 Å². The van der Waals surface area contributed by atoms with Crippen LogP contribution < -0.4 is 4.74 Å². The summed E-state index contributed by atoms with van der Waals surface area (Å²) in [5.74, 6) is 0.776. The van der Waals surface area contributed by atoms with Crippen molar-refractivity contribution in [2.45, 2.75) is 46.5 Å². The van der Waals surface area contributed by atoms with Crippen LogP contribution in [0.15, 0.2) is 47.3 Å². The van der Waals surface area contributed by atoms with Crippen LogP contribution in [0.25, 0.3) is 0 Å². The SMILES string of the molecule is COc1ccc(C2C=C(C)N(C(C)=O)C3=C2C(=O)CC(C)(C)C3)cc1. The van der Waals surface area contributed by atoms with Crippen LogP contribution in [0.3, 0.4) is 0 Å². The number of ether oxygens (including phenoxy) is 1. The minimum atomic E-state index is -0.133. The number of Topliss-reactive ketones (excluding diaryl/α,β-unsaturated/α-hetero) is 1. The minimum Gasteiger partial charge on any atom is -0.497 e. The molecule has 0 radical (unpaired) electrons. The molecule has 0 N–H and O–H groups in total. The first kappa shape index (κ1) is 17.5. The lowest BCUT2D eigenvalue weighted by Crippen LogP contribution is -2.39. The topological polar surface area (TPSA) is 46.6 Å². The number of hydrogen-bond acceptors (Lipinski definition) is 3. The third-order valence-electron chi connectivity index (χ3n) is 5.03. The molecule has 0 fully saturated rings. The second-order valence-electron chi connectivity index (χ2n) is 7.71. The van der Waals surface area contributed by atoms with Crippen molar-refractivity contribution < 1.29 is 14.3 Å². The van der Waals surface area contributed by atoms with Gasteiger partial charge in [-0.05, 0) is 36.5 Å². The minimum absolute atomic E-state index is 0.0417. The van der Waals surface area contributed by atoms with Gasteiger partial charge in [0.05, 0.1) is 7.11 Å². The molecule has 25 heavy (non-hydrogen) atoms. The summed E-state index contributed by atoms with van der Waals surface area (Å²) in [4.78, 5) is 26.9. The molecule has 1 unspecified atom stereocenters. The largest absolute Gasteiger partial charge is 0.497 e. The van der Waals surface area contributed by atoms with Crippen molar-refractivity contribution >= 4 is 11.7 Å². The summed E-state index contributed by atoms with van der Waals surface area (Å²) in [6.45, 7) is 7.67. The van der Waals surface area contributed by atoms with E-state index in [4.69, 9.17) is 4.74 Å². The van der Waals surface area contributed by atoms with Crippen LogP contribution in [-0.2, 0) is 9.59 Å². The normalized spacial score (nSPS) is 22.4. The molecule has 1 aliphatic heterocycles. The van der Waals surface area contributed by atoms with E-state index in [9.17, 15) is 9.59 Å². The molecule has 2 aliphatic rings. The molecule has 3 rings (SSSR count). The molecule has 4 heteroatoms. The molecule has 4 nitrogen and oxygen atoms in total. The number of ketones is 1. The first-order valence-corrected chi connectivity index (χ1v) is 8.63. The summed E-state index contributed by atoms with van der Waals surface area (Å²) in [7, 11) is 1.64. The Morgan fingerprint density at radius 3 is 2.40 bits per heavy atom. The van der Waals surface area contributed by atoms with Crippen LogP contribution in [0.1, 0.15) is 52.0 Å². The lowest BCUT2D eigenvalue weighted by Gasteiger charge is -2.42. The molecular weight excluding hydrogens is 314 g/mol. The van der Waals surface area contributed by atoms with Crippen molar-refractivity contribution in [1.82, 2.24) is 4.90 Å². The summed E-state index contributed by atoms with van der Waals surface area (Å²) in [6, 6.07) is 7.81. The Labute approximate surface area is 149 Å². The second-order valence-corrected chi connectivity index (χ2v) is 7.71. The van der Waals surface area contributed by atoms with Crippen LogP contribution in [0.2, 0.25) is 0 Å². The van der Waals surface area contributed by atoms with Crippen LogP contribution in [-0.4, -0.2) is 23.7 Å². The summed E-state index contributed by atoms with van der Waals surface area (Å²) in [6.07, 6.45) is 3.26. The van der Waals surface area contributed by atoms with Crippen LogP contribution in [0, 0.1) is 5.41 Å². The van der Waals surface area contributed by atoms with Gasteiger partial charge in [0, 0.05) is 36.2 Å². The Hall–Kier alpha value is -2.36. The van der Waals surface area contributed by atoms with Gasteiger partial charge in [-0.15, -0.1) is 0 Å². The van der Waals surface area contributed by atoms with E-state index in [0.717, 1.165) is 34.7 Å². The predicted octanol–water partition coefficient (Wildman–Crippen LogP) is 4.19. The number of allylic oxidation sites excluding steroid dienone is 4. The van der Waals surface area contributed by atoms with Gasteiger partial charge in [0.25, 0.3) is 0 Å². The van der Waals surface area contributed by atoms with E-state index in [1.807, 2.05) is 37.3 Å². The Bertz CT molecular complexity index is 784. The molecule has 1 aromatic carbocycles. The smallest absolute Gasteiger partial charge is 0.227 e. The Kier molecular flexibility index (Phi) is 4.31. The quantitative estimate of drug-likeness (QED) is 0.812. The molecule has 1 aromatic rings. The first-order valence-electron chi connectivity index (χ1n) is 8.63. The second kappa shape index (κ2) is 6.17. The third kappa shape index (κ3) is 3.13. The number of amides is 1. The van der Waals surface area contributed by atoms with E-state index < -0.39 is 0 Å². The van der Waals surface area contributed by atoms with Crippen molar-refractivity contribution in [3.8, 4) is 5.75 Å². The number of benzene rings is 1. The number of methoxy groups -OCH3 is 1. The number of carbonyl (C=O) groups is 2. The van der Waals surface area contributed by atoms with Gasteiger partial charge in [0.1, 0.15) is 5.75 Å². The Balaban J connectivity index is 2.14. The molecule has 1 heterocycles. The zero-order valence-corrected chi connectivity index (χ0v) is 15.6. The van der Waals surface area contributed by atoms with E-state index in [2.05, 4.69) is 13.8 Å². The van der Waals surface area contributed by atoms with Crippen molar-refractivity contribution in [2.24, 2.45) is 5.41 Å². The van der Waals surface area contributed by atoms with Gasteiger partial charge in [-0.3, -0.25) is 14.5 Å². The van der Waals surface area contributed by atoms with Gasteiger partial charge in [-0.1, -0.05) is 32.1 Å². The van der Waals surface area contributed by atoms with E-state index in [0.29, 0.717) is 6.42 Å². The van der Waals surface area contributed by atoms with E-state index in [1.54, 1.807) is 18.9 Å².